The van der Waals surface area contributed by atoms with Gasteiger partial charge in [0.05, 0.1) is 12.2 Å². The maximum absolute atomic E-state index is 9.53. The Morgan fingerprint density at radius 3 is 2.33 bits per heavy atom. The molecule has 1 saturated carbocycles. The van der Waals surface area contributed by atoms with Crippen LogP contribution < -0.4 is 0 Å². The zero-order chi connectivity index (χ0) is 9.14. The fraction of sp³-hybridized carbons (Fsp3) is 1.00. The van der Waals surface area contributed by atoms with Crippen molar-refractivity contribution >= 4 is 0 Å². The van der Waals surface area contributed by atoms with Gasteiger partial charge < -0.3 is 15.3 Å². The summed E-state index contributed by atoms with van der Waals surface area (Å²) in [5, 5.41) is 28.1. The lowest BCUT2D eigenvalue weighted by atomic mass is 9.80. The molecule has 12 heavy (non-hydrogen) atoms. The number of aliphatic hydroxyl groups excluding tert-OH is 3. The molecule has 72 valence electrons. The summed E-state index contributed by atoms with van der Waals surface area (Å²) >= 11 is 0. The molecule has 0 unspecified atom stereocenters. The van der Waals surface area contributed by atoms with E-state index in [0.29, 0.717) is 6.42 Å². The summed E-state index contributed by atoms with van der Waals surface area (Å²) in [6.07, 6.45) is 1.00. The van der Waals surface area contributed by atoms with Gasteiger partial charge in [-0.1, -0.05) is 13.3 Å². The van der Waals surface area contributed by atoms with Gasteiger partial charge in [0.1, 0.15) is 6.10 Å². The van der Waals surface area contributed by atoms with Crippen LogP contribution in [0.4, 0.5) is 0 Å². The van der Waals surface area contributed by atoms with Crippen LogP contribution in [0, 0.1) is 5.92 Å². The van der Waals surface area contributed by atoms with E-state index in [4.69, 9.17) is 0 Å². The van der Waals surface area contributed by atoms with E-state index in [0.717, 1.165) is 19.3 Å². The zero-order valence-electron chi connectivity index (χ0n) is 7.48. The van der Waals surface area contributed by atoms with Crippen molar-refractivity contribution in [2.75, 3.05) is 0 Å². The average molecular weight is 174 g/mol. The molecule has 0 amide bonds. The van der Waals surface area contributed by atoms with Gasteiger partial charge in [-0.15, -0.1) is 0 Å². The Morgan fingerprint density at radius 2 is 1.75 bits per heavy atom. The van der Waals surface area contributed by atoms with Crippen molar-refractivity contribution in [1.29, 1.82) is 0 Å². The summed E-state index contributed by atoms with van der Waals surface area (Å²) in [7, 11) is 0. The molecule has 1 aliphatic carbocycles. The summed E-state index contributed by atoms with van der Waals surface area (Å²) in [4.78, 5) is 0. The first kappa shape index (κ1) is 9.96. The summed E-state index contributed by atoms with van der Waals surface area (Å²) in [6.45, 7) is 2.06. The summed E-state index contributed by atoms with van der Waals surface area (Å²) < 4.78 is 0. The second kappa shape index (κ2) is 4.21. The third-order valence-electron chi connectivity index (χ3n) is 2.72. The monoisotopic (exact) mass is 174 g/mol. The number of aliphatic hydroxyl groups is 3. The number of hydrogen-bond donors (Lipinski definition) is 3. The Hall–Kier alpha value is -0.120. The lowest BCUT2D eigenvalue weighted by molar-refractivity contribution is -0.111. The first-order valence-corrected chi connectivity index (χ1v) is 4.71. The molecule has 3 N–H and O–H groups in total. The summed E-state index contributed by atoms with van der Waals surface area (Å²) in [6, 6.07) is 0. The van der Waals surface area contributed by atoms with Gasteiger partial charge >= 0.3 is 0 Å². The Labute approximate surface area is 73.0 Å². The highest BCUT2D eigenvalue weighted by atomic mass is 16.4. The van der Waals surface area contributed by atoms with Crippen molar-refractivity contribution in [2.24, 2.45) is 5.92 Å². The van der Waals surface area contributed by atoms with Crippen LogP contribution in [0.25, 0.3) is 0 Å². The van der Waals surface area contributed by atoms with Crippen LogP contribution in [0.3, 0.4) is 0 Å². The Bertz CT molecular complexity index is 138. The lowest BCUT2D eigenvalue weighted by Gasteiger charge is -2.35. The molecule has 0 aromatic carbocycles. The van der Waals surface area contributed by atoms with Crippen molar-refractivity contribution in [2.45, 2.75) is 50.9 Å². The zero-order valence-corrected chi connectivity index (χ0v) is 7.48. The Kier molecular flexibility index (Phi) is 3.50. The van der Waals surface area contributed by atoms with Crippen LogP contribution >= 0.6 is 0 Å². The minimum Gasteiger partial charge on any atom is -0.390 e. The van der Waals surface area contributed by atoms with Gasteiger partial charge in [0.15, 0.2) is 0 Å². The van der Waals surface area contributed by atoms with Gasteiger partial charge in [0.2, 0.25) is 0 Å². The maximum atomic E-state index is 9.53. The van der Waals surface area contributed by atoms with Crippen LogP contribution in [0.1, 0.15) is 32.6 Å². The van der Waals surface area contributed by atoms with E-state index in [1.165, 1.54) is 0 Å². The molecule has 0 aromatic heterocycles. The highest BCUT2D eigenvalue weighted by Crippen LogP contribution is 2.28. The molecule has 0 spiro atoms. The van der Waals surface area contributed by atoms with Crippen molar-refractivity contribution < 1.29 is 15.3 Å². The van der Waals surface area contributed by atoms with E-state index >= 15 is 0 Å². The highest BCUT2D eigenvalue weighted by molar-refractivity contribution is 4.86. The fourth-order valence-electron chi connectivity index (χ4n) is 1.92. The molecule has 4 atom stereocenters. The molecule has 0 saturated heterocycles. The molecule has 0 aromatic rings. The normalized spacial score (nSPS) is 43.0. The molecule has 3 nitrogen and oxygen atoms in total. The molecule has 0 bridgehead atoms. The van der Waals surface area contributed by atoms with Crippen molar-refractivity contribution in [3.05, 3.63) is 0 Å². The first-order valence-electron chi connectivity index (χ1n) is 4.71. The molecule has 1 rings (SSSR count). The van der Waals surface area contributed by atoms with Gasteiger partial charge in [-0.2, -0.15) is 0 Å². The molecule has 0 aliphatic heterocycles. The molecule has 1 aliphatic rings. The van der Waals surface area contributed by atoms with Crippen LogP contribution in [-0.4, -0.2) is 33.6 Å². The minimum absolute atomic E-state index is 0.174. The standard InChI is InChI=1S/C9H18O3/c1-2-3-6-4-5-7(10)9(12)8(6)11/h6-12H,2-5H2,1H3/t6-,7-,8-,9-/m0/s1. The van der Waals surface area contributed by atoms with Gasteiger partial charge in [-0.3, -0.25) is 0 Å². The van der Waals surface area contributed by atoms with E-state index in [-0.39, 0.29) is 5.92 Å². The first-order chi connectivity index (χ1) is 5.66. The van der Waals surface area contributed by atoms with E-state index in [9.17, 15) is 15.3 Å². The van der Waals surface area contributed by atoms with E-state index in [2.05, 4.69) is 6.92 Å². The summed E-state index contributed by atoms with van der Waals surface area (Å²) in [5.74, 6) is 0.174. The number of rotatable bonds is 2. The predicted octanol–water partition coefficient (Wildman–Crippen LogP) is 0.279. The number of hydrogen-bond acceptors (Lipinski definition) is 3. The SMILES string of the molecule is CCC[C@H]1CC[C@H](O)[C@H](O)[C@H]1O. The van der Waals surface area contributed by atoms with Gasteiger partial charge in [-0.25, -0.2) is 0 Å². The Balaban J connectivity index is 2.46. The second-order valence-corrected chi connectivity index (χ2v) is 3.67. The summed E-state index contributed by atoms with van der Waals surface area (Å²) in [5.41, 5.74) is 0. The molecule has 3 heteroatoms. The molecule has 0 radical (unpaired) electrons. The van der Waals surface area contributed by atoms with Crippen LogP contribution in [0.15, 0.2) is 0 Å². The van der Waals surface area contributed by atoms with Crippen LogP contribution in [0.5, 0.6) is 0 Å². The fourth-order valence-corrected chi connectivity index (χ4v) is 1.92. The smallest absolute Gasteiger partial charge is 0.106 e. The largest absolute Gasteiger partial charge is 0.390 e. The maximum Gasteiger partial charge on any atom is 0.106 e. The Morgan fingerprint density at radius 1 is 1.08 bits per heavy atom. The average Bonchev–Trinajstić information content (AvgIpc) is 2.07. The topological polar surface area (TPSA) is 60.7 Å². The van der Waals surface area contributed by atoms with Gasteiger partial charge in [0, 0.05) is 0 Å². The van der Waals surface area contributed by atoms with Gasteiger partial charge in [0.25, 0.3) is 0 Å². The van der Waals surface area contributed by atoms with Crippen molar-refractivity contribution in [1.82, 2.24) is 0 Å². The van der Waals surface area contributed by atoms with E-state index in [1.807, 2.05) is 0 Å². The van der Waals surface area contributed by atoms with E-state index < -0.39 is 18.3 Å². The minimum atomic E-state index is -0.935. The predicted molar refractivity (Wildman–Crippen MR) is 45.7 cm³/mol. The quantitative estimate of drug-likeness (QED) is 0.563. The van der Waals surface area contributed by atoms with Crippen molar-refractivity contribution in [3.63, 3.8) is 0 Å². The highest BCUT2D eigenvalue weighted by Gasteiger charge is 2.35. The lowest BCUT2D eigenvalue weighted by Crippen LogP contribution is -2.46. The molecule has 0 heterocycles. The van der Waals surface area contributed by atoms with Crippen LogP contribution in [-0.2, 0) is 0 Å². The molecule has 1 fully saturated rings. The van der Waals surface area contributed by atoms with Crippen LogP contribution in [0.2, 0.25) is 0 Å². The third kappa shape index (κ3) is 1.97. The van der Waals surface area contributed by atoms with Gasteiger partial charge in [-0.05, 0) is 25.2 Å². The second-order valence-electron chi connectivity index (χ2n) is 3.67. The molecular weight excluding hydrogens is 156 g/mol. The molecular formula is C9H18O3. The van der Waals surface area contributed by atoms with Crippen molar-refractivity contribution in [3.8, 4) is 0 Å². The third-order valence-corrected chi connectivity index (χ3v) is 2.72. The van der Waals surface area contributed by atoms with E-state index in [1.54, 1.807) is 0 Å².